The lowest BCUT2D eigenvalue weighted by atomic mass is 10.1. The Morgan fingerprint density at radius 1 is 1.25 bits per heavy atom. The third-order valence-corrected chi connectivity index (χ3v) is 3.14. The molecule has 1 atom stereocenters. The normalized spacial score (nSPS) is 21.8. The molecule has 0 saturated heterocycles. The molecule has 1 heterocycles. The average Bonchev–Trinajstić information content (AvgIpc) is 2.73. The summed E-state index contributed by atoms with van der Waals surface area (Å²) in [6, 6.07) is 4.18. The topological polar surface area (TPSA) is 82.4 Å². The van der Waals surface area contributed by atoms with Gasteiger partial charge in [0.25, 0.3) is 11.6 Å². The Morgan fingerprint density at radius 3 is 2.29 bits per heavy atom. The van der Waals surface area contributed by atoms with Gasteiger partial charge in [-0.25, -0.2) is 4.74 Å². The maximum atomic E-state index is 13.9. The molecule has 0 aromatic heterocycles. The number of rotatable bonds is 3. The first kappa shape index (κ1) is 18.1. The van der Waals surface area contributed by atoms with Crippen molar-refractivity contribution in [3.05, 3.63) is 29.8 Å². The highest BCUT2D eigenvalue weighted by Gasteiger charge is 2.66. The van der Waals surface area contributed by atoms with Crippen molar-refractivity contribution >= 4 is 11.6 Å². The van der Waals surface area contributed by atoms with E-state index >= 15 is 0 Å². The first-order chi connectivity index (χ1) is 10.9. The maximum Gasteiger partial charge on any atom is 0.527 e. The lowest BCUT2D eigenvalue weighted by Gasteiger charge is -2.36. The first-order valence-corrected chi connectivity index (χ1v) is 6.40. The minimum Gasteiger partial charge on any atom is -0.508 e. The number of hydrazone groups is 1. The molecular weight excluding hydrogens is 343 g/mol. The van der Waals surface area contributed by atoms with Gasteiger partial charge in [0.1, 0.15) is 5.75 Å². The summed E-state index contributed by atoms with van der Waals surface area (Å²) < 4.78 is 67.0. The number of carbonyl (C=O) groups excluding carboxylic acids is 1. The van der Waals surface area contributed by atoms with Crippen LogP contribution in [0.15, 0.2) is 29.4 Å². The molecule has 11 heteroatoms. The van der Waals surface area contributed by atoms with Crippen LogP contribution in [0.3, 0.4) is 0 Å². The molecule has 1 aliphatic rings. The summed E-state index contributed by atoms with van der Waals surface area (Å²) in [5.41, 5.74) is -4.13. The molecule has 0 saturated carbocycles. The number of hydrogen-bond donors (Lipinski definition) is 2. The Balaban J connectivity index is 2.39. The lowest BCUT2D eigenvalue weighted by Crippen LogP contribution is -2.61. The largest absolute Gasteiger partial charge is 0.527 e. The molecule has 1 aromatic carbocycles. The van der Waals surface area contributed by atoms with Crippen LogP contribution in [0.2, 0.25) is 0 Å². The molecule has 6 nitrogen and oxygen atoms in total. The van der Waals surface area contributed by atoms with Crippen molar-refractivity contribution in [2.45, 2.75) is 31.5 Å². The number of halogens is 5. The Kier molecular flexibility index (Phi) is 4.27. The van der Waals surface area contributed by atoms with Crippen molar-refractivity contribution in [2.24, 2.45) is 5.10 Å². The monoisotopic (exact) mass is 354 g/mol. The second-order valence-electron chi connectivity index (χ2n) is 5.06. The van der Waals surface area contributed by atoms with Crippen LogP contribution in [0.4, 0.5) is 22.0 Å². The zero-order chi connectivity index (χ0) is 18.3. The van der Waals surface area contributed by atoms with Crippen molar-refractivity contribution in [3.63, 3.8) is 0 Å². The number of alkyl halides is 5. The van der Waals surface area contributed by atoms with Gasteiger partial charge in [0.15, 0.2) is 0 Å². The fourth-order valence-corrected chi connectivity index (χ4v) is 2.11. The summed E-state index contributed by atoms with van der Waals surface area (Å²) in [6.07, 6.45) is -12.0. The minimum absolute atomic E-state index is 0.152. The Morgan fingerprint density at radius 2 is 1.79 bits per heavy atom. The van der Waals surface area contributed by atoms with E-state index in [1.807, 2.05) is 0 Å². The number of nitrogens with zero attached hydrogens (tertiary/aromatic N) is 2. The van der Waals surface area contributed by atoms with E-state index in [0.29, 0.717) is 0 Å². The molecule has 24 heavy (non-hydrogen) atoms. The molecule has 0 aliphatic carbocycles. The van der Waals surface area contributed by atoms with Crippen molar-refractivity contribution in [1.82, 2.24) is 5.01 Å². The highest BCUT2D eigenvalue weighted by Crippen LogP contribution is 2.43. The number of carbonyl (C=O) groups is 1. The summed E-state index contributed by atoms with van der Waals surface area (Å²) >= 11 is 0. The van der Waals surface area contributed by atoms with Crippen molar-refractivity contribution in [2.75, 3.05) is 0 Å². The number of aromatic hydroxyl groups is 1. The van der Waals surface area contributed by atoms with E-state index < -0.39 is 30.5 Å². The number of phenolic OH excluding ortho intramolecular Hbond substituents is 1. The summed E-state index contributed by atoms with van der Waals surface area (Å²) in [6.45, 7) is 1.15. The van der Waals surface area contributed by atoms with Gasteiger partial charge < -0.3 is 10.2 Å². The van der Waals surface area contributed by atoms with Gasteiger partial charge >= 0.3 is 12.5 Å². The van der Waals surface area contributed by atoms with Crippen molar-refractivity contribution in [3.8, 4) is 5.75 Å². The molecule has 0 bridgehead atoms. The molecule has 2 rings (SSSR count). The Labute approximate surface area is 131 Å². The van der Waals surface area contributed by atoms with Gasteiger partial charge in [-0.1, -0.05) is 0 Å². The number of ether oxygens (including phenoxy) is 1. The average molecular weight is 354 g/mol. The van der Waals surface area contributed by atoms with E-state index in [4.69, 9.17) is 5.11 Å². The van der Waals surface area contributed by atoms with Crippen LogP contribution in [0, 0.1) is 0 Å². The number of amides is 1. The molecule has 0 unspecified atom stereocenters. The number of hydrogen-bond acceptors (Lipinski definition) is 5. The summed E-state index contributed by atoms with van der Waals surface area (Å²) in [5.74, 6) is -1.52. The van der Waals surface area contributed by atoms with Gasteiger partial charge in [0.2, 0.25) is 0 Å². The number of phenols is 1. The molecule has 0 spiro atoms. The highest BCUT2D eigenvalue weighted by atomic mass is 19.4. The van der Waals surface area contributed by atoms with E-state index in [2.05, 4.69) is 9.84 Å². The molecule has 1 amide bonds. The SMILES string of the molecule is CC1=NN(C(=O)c2ccc(O)cc2)[C@](O)(C(F)(F)OC(F)(F)F)C1. The van der Waals surface area contributed by atoms with Crippen LogP contribution in [-0.2, 0) is 4.74 Å². The van der Waals surface area contributed by atoms with E-state index in [9.17, 15) is 31.9 Å². The minimum atomic E-state index is -5.75. The summed E-state index contributed by atoms with van der Waals surface area (Å²) in [4.78, 5) is 12.2. The van der Waals surface area contributed by atoms with E-state index in [1.54, 1.807) is 0 Å². The van der Waals surface area contributed by atoms with Gasteiger partial charge in [0.05, 0.1) is 0 Å². The molecule has 1 aromatic rings. The summed E-state index contributed by atoms with van der Waals surface area (Å²) in [5, 5.41) is 22.4. The lowest BCUT2D eigenvalue weighted by molar-refractivity contribution is -0.468. The van der Waals surface area contributed by atoms with Gasteiger partial charge in [-0.2, -0.15) is 18.9 Å². The summed E-state index contributed by atoms with van der Waals surface area (Å²) in [7, 11) is 0. The van der Waals surface area contributed by atoms with Crippen LogP contribution < -0.4 is 0 Å². The highest BCUT2D eigenvalue weighted by molar-refractivity contribution is 5.97. The van der Waals surface area contributed by atoms with Gasteiger partial charge in [-0.3, -0.25) is 4.79 Å². The molecule has 132 valence electrons. The predicted molar refractivity (Wildman–Crippen MR) is 69.0 cm³/mol. The number of aliphatic hydroxyl groups is 1. The van der Waals surface area contributed by atoms with Gasteiger partial charge in [-0.05, 0) is 31.2 Å². The van der Waals surface area contributed by atoms with Crippen LogP contribution in [0.25, 0.3) is 0 Å². The van der Waals surface area contributed by atoms with Gasteiger partial charge in [0, 0.05) is 17.7 Å². The zero-order valence-electron chi connectivity index (χ0n) is 12.0. The molecular formula is C13H11F5N2O4. The van der Waals surface area contributed by atoms with Crippen LogP contribution in [0.1, 0.15) is 23.7 Å². The standard InChI is InChI=1S/C13H11F5N2O4/c1-7-6-11(23,12(14,15)24-13(16,17)18)20(19-7)10(22)8-2-4-9(21)5-3-8/h2-5,21,23H,6H2,1H3/t11-/m1/s1. The first-order valence-electron chi connectivity index (χ1n) is 6.40. The molecule has 2 N–H and O–H groups in total. The second kappa shape index (κ2) is 5.67. The Bertz CT molecular complexity index is 674. The van der Waals surface area contributed by atoms with Crippen LogP contribution >= 0.6 is 0 Å². The quantitative estimate of drug-likeness (QED) is 0.817. The van der Waals surface area contributed by atoms with Crippen molar-refractivity contribution < 1.29 is 41.7 Å². The fraction of sp³-hybridized carbons (Fsp3) is 0.385. The number of benzene rings is 1. The smallest absolute Gasteiger partial charge is 0.508 e. The predicted octanol–water partition coefficient (Wildman–Crippen LogP) is 2.43. The fourth-order valence-electron chi connectivity index (χ4n) is 2.11. The molecule has 0 fully saturated rings. The third kappa shape index (κ3) is 3.31. The van der Waals surface area contributed by atoms with E-state index in [1.165, 1.54) is 0 Å². The van der Waals surface area contributed by atoms with Crippen molar-refractivity contribution in [1.29, 1.82) is 0 Å². The van der Waals surface area contributed by atoms with Gasteiger partial charge in [-0.15, -0.1) is 13.2 Å². The van der Waals surface area contributed by atoms with Crippen LogP contribution in [0.5, 0.6) is 5.75 Å². The second-order valence-corrected chi connectivity index (χ2v) is 5.06. The Hall–Kier alpha value is -2.27. The maximum absolute atomic E-state index is 13.9. The zero-order valence-corrected chi connectivity index (χ0v) is 12.0. The van der Waals surface area contributed by atoms with Crippen LogP contribution in [-0.4, -0.2) is 45.0 Å². The molecule has 1 aliphatic heterocycles. The third-order valence-electron chi connectivity index (χ3n) is 3.14. The van der Waals surface area contributed by atoms with E-state index in [-0.39, 0.29) is 22.0 Å². The van der Waals surface area contributed by atoms with E-state index in [0.717, 1.165) is 31.2 Å². The molecule has 0 radical (unpaired) electrons.